The van der Waals surface area contributed by atoms with E-state index in [0.29, 0.717) is 11.6 Å². The first kappa shape index (κ1) is 26.8. The topological polar surface area (TPSA) is 35.0 Å². The van der Waals surface area contributed by atoms with Gasteiger partial charge in [-0.25, -0.2) is 14.4 Å². The smallest absolute Gasteiger partial charge is 0.159 e. The maximum Gasteiger partial charge on any atom is 0.159 e. The first-order valence-electron chi connectivity index (χ1n) is 13.4. The number of hydrogen-bond donors (Lipinski definition) is 0. The normalized spacial score (nSPS) is 12.1. The molecule has 0 N–H and O–H groups in total. The van der Waals surface area contributed by atoms with Crippen molar-refractivity contribution in [3.8, 4) is 28.3 Å². The second kappa shape index (κ2) is 14.6. The van der Waals surface area contributed by atoms with Crippen molar-refractivity contribution < 1.29 is 9.13 Å². The fraction of sp³-hybridized carbons (Fsp3) is 0.484. The summed E-state index contributed by atoms with van der Waals surface area (Å²) in [6, 6.07) is 16.3. The second-order valence-electron chi connectivity index (χ2n) is 9.81. The van der Waals surface area contributed by atoms with Gasteiger partial charge in [0.25, 0.3) is 0 Å². The molecular weight excluding hydrogens is 435 g/mol. The van der Waals surface area contributed by atoms with Crippen LogP contribution in [0.5, 0.6) is 5.75 Å². The van der Waals surface area contributed by atoms with Gasteiger partial charge in [0.2, 0.25) is 0 Å². The van der Waals surface area contributed by atoms with Gasteiger partial charge in [0.1, 0.15) is 18.5 Å². The third-order valence-corrected chi connectivity index (χ3v) is 6.50. The maximum atomic E-state index is 13.7. The molecule has 1 atom stereocenters. The Labute approximate surface area is 211 Å². The highest BCUT2D eigenvalue weighted by molar-refractivity contribution is 5.64. The van der Waals surface area contributed by atoms with Gasteiger partial charge in [-0.1, -0.05) is 90.0 Å². The summed E-state index contributed by atoms with van der Waals surface area (Å²) in [5.41, 5.74) is 4.44. The van der Waals surface area contributed by atoms with E-state index in [-0.39, 0.29) is 12.5 Å². The number of halogens is 1. The molecule has 0 saturated heterocycles. The standard InChI is InChI=1S/C31H41FN2O/c1-4-5-6-7-8-9-10-11-12-25-13-15-26(16-14-25)28-21-33-31(34-22-28)27-17-19-29(20-18-27)35-23-30(32)24(2)3/h13-22,24,30H,4-12,23H2,1-3H3. The van der Waals surface area contributed by atoms with Gasteiger partial charge in [0.05, 0.1) is 0 Å². The largest absolute Gasteiger partial charge is 0.491 e. The summed E-state index contributed by atoms with van der Waals surface area (Å²) in [5.74, 6) is 1.27. The zero-order valence-corrected chi connectivity index (χ0v) is 21.7. The SMILES string of the molecule is CCCCCCCCCCc1ccc(-c2cnc(-c3ccc(OCC(F)C(C)C)cc3)nc2)cc1. The van der Waals surface area contributed by atoms with E-state index in [4.69, 9.17) is 4.74 Å². The summed E-state index contributed by atoms with van der Waals surface area (Å²) >= 11 is 0. The van der Waals surface area contributed by atoms with Crippen LogP contribution in [0.1, 0.15) is 77.7 Å². The summed E-state index contributed by atoms with van der Waals surface area (Å²) in [6.45, 7) is 6.04. The highest BCUT2D eigenvalue weighted by atomic mass is 19.1. The Balaban J connectivity index is 1.46. The molecule has 35 heavy (non-hydrogen) atoms. The van der Waals surface area contributed by atoms with Gasteiger partial charge in [-0.15, -0.1) is 0 Å². The van der Waals surface area contributed by atoms with Gasteiger partial charge >= 0.3 is 0 Å². The number of rotatable bonds is 15. The molecule has 3 aromatic rings. The van der Waals surface area contributed by atoms with Crippen LogP contribution in [0.3, 0.4) is 0 Å². The zero-order chi connectivity index (χ0) is 24.9. The molecule has 0 aliphatic carbocycles. The van der Waals surface area contributed by atoms with Crippen molar-refractivity contribution in [3.05, 3.63) is 66.5 Å². The second-order valence-corrected chi connectivity index (χ2v) is 9.81. The lowest BCUT2D eigenvalue weighted by molar-refractivity contribution is 0.155. The molecule has 0 radical (unpaired) electrons. The number of aryl methyl sites for hydroxylation is 1. The number of unbranched alkanes of at least 4 members (excludes halogenated alkanes) is 7. The lowest BCUT2D eigenvalue weighted by Crippen LogP contribution is -2.18. The minimum atomic E-state index is -0.968. The molecule has 0 spiro atoms. The average molecular weight is 477 g/mol. The first-order valence-corrected chi connectivity index (χ1v) is 13.4. The summed E-state index contributed by atoms with van der Waals surface area (Å²) in [4.78, 5) is 9.12. The van der Waals surface area contributed by atoms with Crippen LogP contribution < -0.4 is 4.74 Å². The third-order valence-electron chi connectivity index (χ3n) is 6.50. The Hall–Kier alpha value is -2.75. The van der Waals surface area contributed by atoms with Crippen LogP contribution in [-0.2, 0) is 6.42 Å². The monoisotopic (exact) mass is 476 g/mol. The van der Waals surface area contributed by atoms with E-state index >= 15 is 0 Å². The first-order chi connectivity index (χ1) is 17.1. The highest BCUT2D eigenvalue weighted by Crippen LogP contribution is 2.23. The summed E-state index contributed by atoms with van der Waals surface area (Å²) < 4.78 is 19.3. The number of nitrogens with zero attached hydrogens (tertiary/aromatic N) is 2. The molecule has 3 rings (SSSR count). The molecule has 3 nitrogen and oxygen atoms in total. The molecule has 0 bridgehead atoms. The van der Waals surface area contributed by atoms with Crippen LogP contribution in [-0.4, -0.2) is 22.7 Å². The fourth-order valence-electron chi connectivity index (χ4n) is 4.02. The van der Waals surface area contributed by atoms with E-state index in [1.165, 1.54) is 56.9 Å². The van der Waals surface area contributed by atoms with Crippen LogP contribution in [0.25, 0.3) is 22.5 Å². The summed E-state index contributed by atoms with van der Waals surface area (Å²) in [6.07, 6.45) is 14.7. The maximum absolute atomic E-state index is 13.7. The Morgan fingerprint density at radius 1 is 0.714 bits per heavy atom. The molecule has 1 heterocycles. The van der Waals surface area contributed by atoms with Gasteiger partial charge in [-0.3, -0.25) is 0 Å². The lowest BCUT2D eigenvalue weighted by atomic mass is 10.0. The zero-order valence-electron chi connectivity index (χ0n) is 21.7. The Morgan fingerprint density at radius 2 is 1.29 bits per heavy atom. The number of hydrogen-bond acceptors (Lipinski definition) is 3. The summed E-state index contributed by atoms with van der Waals surface area (Å²) in [7, 11) is 0. The van der Waals surface area contributed by atoms with E-state index in [1.54, 1.807) is 0 Å². The number of benzene rings is 2. The van der Waals surface area contributed by atoms with Gasteiger partial charge < -0.3 is 4.74 Å². The van der Waals surface area contributed by atoms with E-state index in [2.05, 4.69) is 41.2 Å². The fourth-order valence-corrected chi connectivity index (χ4v) is 4.02. The Kier molecular flexibility index (Phi) is 11.2. The van der Waals surface area contributed by atoms with Crippen LogP contribution >= 0.6 is 0 Å². The van der Waals surface area contributed by atoms with E-state index in [1.807, 2.05) is 50.5 Å². The summed E-state index contributed by atoms with van der Waals surface area (Å²) in [5, 5.41) is 0. The van der Waals surface area contributed by atoms with Crippen molar-refractivity contribution in [1.82, 2.24) is 9.97 Å². The molecule has 0 fully saturated rings. The van der Waals surface area contributed by atoms with Crippen LogP contribution in [0.15, 0.2) is 60.9 Å². The van der Waals surface area contributed by atoms with Crippen LogP contribution in [0, 0.1) is 5.92 Å². The quantitative estimate of drug-likeness (QED) is 0.205. The molecule has 1 unspecified atom stereocenters. The number of ether oxygens (including phenoxy) is 1. The van der Waals surface area contributed by atoms with Crippen LogP contribution in [0.2, 0.25) is 0 Å². The molecular formula is C31H41FN2O. The van der Waals surface area contributed by atoms with Crippen molar-refractivity contribution in [2.45, 2.75) is 84.7 Å². The van der Waals surface area contributed by atoms with Gasteiger partial charge in [-0.05, 0) is 54.2 Å². The van der Waals surface area contributed by atoms with E-state index < -0.39 is 6.17 Å². The van der Waals surface area contributed by atoms with E-state index in [9.17, 15) is 4.39 Å². The van der Waals surface area contributed by atoms with Crippen molar-refractivity contribution in [2.75, 3.05) is 6.61 Å². The van der Waals surface area contributed by atoms with Crippen molar-refractivity contribution in [2.24, 2.45) is 5.92 Å². The molecule has 1 aromatic heterocycles. The van der Waals surface area contributed by atoms with E-state index in [0.717, 1.165) is 23.1 Å². The molecule has 2 aromatic carbocycles. The van der Waals surface area contributed by atoms with Crippen LogP contribution in [0.4, 0.5) is 4.39 Å². The Bertz CT molecular complexity index is 968. The molecule has 0 saturated carbocycles. The predicted octanol–water partition coefficient (Wildman–Crippen LogP) is 8.87. The van der Waals surface area contributed by atoms with Gasteiger partial charge in [-0.2, -0.15) is 0 Å². The third kappa shape index (κ3) is 9.08. The highest BCUT2D eigenvalue weighted by Gasteiger charge is 2.12. The molecule has 4 heteroatoms. The van der Waals surface area contributed by atoms with Crippen molar-refractivity contribution in [1.29, 1.82) is 0 Å². The van der Waals surface area contributed by atoms with Gasteiger partial charge in [0, 0.05) is 23.5 Å². The molecule has 0 aliphatic rings. The minimum absolute atomic E-state index is 0.0488. The molecule has 188 valence electrons. The number of alkyl halides is 1. The minimum Gasteiger partial charge on any atom is -0.491 e. The van der Waals surface area contributed by atoms with Gasteiger partial charge in [0.15, 0.2) is 5.82 Å². The molecule has 0 amide bonds. The molecule has 0 aliphatic heterocycles. The number of aromatic nitrogens is 2. The predicted molar refractivity (Wildman–Crippen MR) is 144 cm³/mol. The lowest BCUT2D eigenvalue weighted by Gasteiger charge is -2.13. The van der Waals surface area contributed by atoms with Crippen molar-refractivity contribution in [3.63, 3.8) is 0 Å². The Morgan fingerprint density at radius 3 is 1.89 bits per heavy atom. The average Bonchev–Trinajstić information content (AvgIpc) is 2.89. The van der Waals surface area contributed by atoms with Crippen molar-refractivity contribution >= 4 is 0 Å².